The van der Waals surface area contributed by atoms with Crippen LogP contribution in [0.3, 0.4) is 0 Å². The lowest BCUT2D eigenvalue weighted by atomic mass is 9.99. The van der Waals surface area contributed by atoms with Crippen LogP contribution < -0.4 is 0 Å². The minimum absolute atomic E-state index is 0.204. The summed E-state index contributed by atoms with van der Waals surface area (Å²) in [6, 6.07) is 0. The largest absolute Gasteiger partial charge is 0.462 e. The van der Waals surface area contributed by atoms with E-state index in [1.54, 1.807) is 0 Å². The van der Waals surface area contributed by atoms with Crippen LogP contribution in [-0.4, -0.2) is 89.0 Å². The van der Waals surface area contributed by atoms with Crippen molar-refractivity contribution in [2.75, 3.05) is 19.8 Å². The molecule has 1 aliphatic rings. The van der Waals surface area contributed by atoms with Crippen molar-refractivity contribution in [2.45, 2.75) is 205 Å². The molecule has 10 nitrogen and oxygen atoms in total. The topological polar surface area (TPSA) is 152 Å². The quantitative estimate of drug-likeness (QED) is 0.0274. The molecule has 1 aliphatic heterocycles. The molecule has 0 bridgehead atoms. The van der Waals surface area contributed by atoms with E-state index in [9.17, 15) is 30.0 Å². The molecule has 4 N–H and O–H groups in total. The summed E-state index contributed by atoms with van der Waals surface area (Å²) in [6.45, 7) is 3.23. The van der Waals surface area contributed by atoms with Gasteiger partial charge in [0.15, 0.2) is 12.4 Å². The molecule has 10 heteroatoms. The van der Waals surface area contributed by atoms with Gasteiger partial charge in [-0.05, 0) is 57.8 Å². The number of aliphatic hydroxyl groups is 4. The average molecular weight is 805 g/mol. The molecule has 0 spiro atoms. The van der Waals surface area contributed by atoms with Crippen LogP contribution >= 0.6 is 0 Å². The third kappa shape index (κ3) is 29.3. The molecule has 1 fully saturated rings. The standard InChI is InChI=1S/C47H80O10/c1-3-5-7-9-11-13-15-17-18-19-20-21-22-24-25-27-29-31-33-35-42(49)54-38-40(39-55-47-46(53)45(52)44(51)41(37-48)57-47)56-43(50)36-34-32-30-28-26-23-16-14-12-10-8-6-4-2/h6,8,10-17,40-41,44-48,51-53H,3-5,7,9,18-39H2,1-2H3/b8-6+,12-10+,13-11+,16-14+,17-15+/t40?,41-,44+,45?,46?,47-/m0/s1. The summed E-state index contributed by atoms with van der Waals surface area (Å²) < 4.78 is 22.1. The summed E-state index contributed by atoms with van der Waals surface area (Å²) in [5, 5.41) is 40.0. The normalized spacial score (nSPS) is 20.8. The molecule has 0 amide bonds. The Morgan fingerprint density at radius 3 is 1.56 bits per heavy atom. The number of ether oxygens (including phenoxy) is 4. The predicted molar refractivity (Wildman–Crippen MR) is 228 cm³/mol. The number of hydrogen-bond acceptors (Lipinski definition) is 10. The van der Waals surface area contributed by atoms with Crippen molar-refractivity contribution < 1.29 is 49.0 Å². The van der Waals surface area contributed by atoms with Crippen molar-refractivity contribution in [3.05, 3.63) is 60.8 Å². The van der Waals surface area contributed by atoms with Gasteiger partial charge in [0, 0.05) is 12.8 Å². The van der Waals surface area contributed by atoms with Gasteiger partial charge in [0.2, 0.25) is 0 Å². The first-order chi connectivity index (χ1) is 27.8. The van der Waals surface area contributed by atoms with E-state index in [0.29, 0.717) is 6.42 Å². The maximum absolute atomic E-state index is 12.7. The highest BCUT2D eigenvalue weighted by atomic mass is 16.7. The van der Waals surface area contributed by atoms with Gasteiger partial charge in [-0.2, -0.15) is 0 Å². The van der Waals surface area contributed by atoms with E-state index in [2.05, 4.69) is 56.4 Å². The van der Waals surface area contributed by atoms with E-state index in [0.717, 1.165) is 70.6 Å². The maximum Gasteiger partial charge on any atom is 0.306 e. The summed E-state index contributed by atoms with van der Waals surface area (Å²) in [5.41, 5.74) is 0. The minimum atomic E-state index is -1.60. The molecule has 3 unspecified atom stereocenters. The Kier molecular flexibility index (Phi) is 34.6. The second kappa shape index (κ2) is 37.7. The van der Waals surface area contributed by atoms with E-state index < -0.39 is 49.4 Å². The zero-order valence-corrected chi connectivity index (χ0v) is 35.6. The fourth-order valence-electron chi connectivity index (χ4n) is 6.41. The van der Waals surface area contributed by atoms with Gasteiger partial charge in [-0.1, -0.05) is 158 Å². The number of allylic oxidation sites excluding steroid dienone is 10. The molecule has 1 rings (SSSR count). The Hall–Kier alpha value is -2.60. The Labute approximate surface area is 345 Å². The number of aliphatic hydroxyl groups excluding tert-OH is 4. The van der Waals surface area contributed by atoms with Crippen molar-refractivity contribution in [1.29, 1.82) is 0 Å². The van der Waals surface area contributed by atoms with Gasteiger partial charge in [0.25, 0.3) is 0 Å². The highest BCUT2D eigenvalue weighted by Gasteiger charge is 2.44. The average Bonchev–Trinajstić information content (AvgIpc) is 3.21. The molecule has 0 aromatic carbocycles. The van der Waals surface area contributed by atoms with Crippen molar-refractivity contribution in [1.82, 2.24) is 0 Å². The monoisotopic (exact) mass is 805 g/mol. The van der Waals surface area contributed by atoms with Gasteiger partial charge in [0.1, 0.15) is 31.0 Å². The Morgan fingerprint density at radius 1 is 0.561 bits per heavy atom. The lowest BCUT2D eigenvalue weighted by Gasteiger charge is -2.39. The van der Waals surface area contributed by atoms with Crippen LogP contribution in [0.15, 0.2) is 60.8 Å². The summed E-state index contributed by atoms with van der Waals surface area (Å²) in [4.78, 5) is 25.3. The molecule has 1 saturated heterocycles. The number of unbranched alkanes of at least 4 members (excludes halogenated alkanes) is 18. The lowest BCUT2D eigenvalue weighted by Crippen LogP contribution is -2.59. The molecule has 0 aromatic heterocycles. The van der Waals surface area contributed by atoms with Crippen molar-refractivity contribution in [3.63, 3.8) is 0 Å². The molecule has 0 aromatic rings. The van der Waals surface area contributed by atoms with Crippen LogP contribution in [0.5, 0.6) is 0 Å². The lowest BCUT2D eigenvalue weighted by molar-refractivity contribution is -0.305. The number of carbonyl (C=O) groups excluding carboxylic acids is 2. The second-order valence-electron chi connectivity index (χ2n) is 15.2. The fraction of sp³-hybridized carbons (Fsp3) is 0.745. The van der Waals surface area contributed by atoms with E-state index in [4.69, 9.17) is 18.9 Å². The Bertz CT molecular complexity index is 1110. The summed E-state index contributed by atoms with van der Waals surface area (Å²) in [6.07, 6.45) is 38.0. The van der Waals surface area contributed by atoms with Crippen LogP contribution in [0.4, 0.5) is 0 Å². The Balaban J connectivity index is 2.32. The van der Waals surface area contributed by atoms with Gasteiger partial charge in [-0.15, -0.1) is 0 Å². The first-order valence-corrected chi connectivity index (χ1v) is 22.4. The molecule has 1 heterocycles. The molecule has 6 atom stereocenters. The fourth-order valence-corrected chi connectivity index (χ4v) is 6.41. The predicted octanol–water partition coefficient (Wildman–Crippen LogP) is 9.44. The van der Waals surface area contributed by atoms with Crippen LogP contribution in [0.1, 0.15) is 168 Å². The third-order valence-electron chi connectivity index (χ3n) is 9.98. The van der Waals surface area contributed by atoms with Crippen LogP contribution in [0, 0.1) is 0 Å². The van der Waals surface area contributed by atoms with E-state index in [1.807, 2.05) is 18.2 Å². The first kappa shape index (κ1) is 52.4. The van der Waals surface area contributed by atoms with Crippen LogP contribution in [-0.2, 0) is 28.5 Å². The molecule has 0 aliphatic carbocycles. The van der Waals surface area contributed by atoms with Crippen LogP contribution in [0.25, 0.3) is 0 Å². The van der Waals surface area contributed by atoms with Crippen LogP contribution in [0.2, 0.25) is 0 Å². The minimum Gasteiger partial charge on any atom is -0.462 e. The SMILES string of the molecule is CC/C=C/C=C/C=C/CCCCCCCC(=O)OC(COC(=O)CCCCCCCCCCCC/C=C/C=C/CCCCC)CO[C@H]1O[C@@H](CO)[C@@H](O)C(O)C1O. The number of hydrogen-bond donors (Lipinski definition) is 4. The molecule has 0 saturated carbocycles. The summed E-state index contributed by atoms with van der Waals surface area (Å²) in [7, 11) is 0. The van der Waals surface area contributed by atoms with Crippen molar-refractivity contribution in [3.8, 4) is 0 Å². The van der Waals surface area contributed by atoms with Gasteiger partial charge in [-0.25, -0.2) is 0 Å². The van der Waals surface area contributed by atoms with Crippen molar-refractivity contribution in [2.24, 2.45) is 0 Å². The highest BCUT2D eigenvalue weighted by molar-refractivity contribution is 5.70. The molecule has 57 heavy (non-hydrogen) atoms. The zero-order chi connectivity index (χ0) is 41.6. The molecule has 0 radical (unpaired) electrons. The first-order valence-electron chi connectivity index (χ1n) is 22.4. The van der Waals surface area contributed by atoms with Gasteiger partial charge >= 0.3 is 11.9 Å². The van der Waals surface area contributed by atoms with Gasteiger partial charge < -0.3 is 39.4 Å². The number of carbonyl (C=O) groups is 2. The Morgan fingerprint density at radius 2 is 1.04 bits per heavy atom. The van der Waals surface area contributed by atoms with E-state index >= 15 is 0 Å². The van der Waals surface area contributed by atoms with E-state index in [1.165, 1.54) is 64.2 Å². The number of rotatable bonds is 36. The molecular weight excluding hydrogens is 725 g/mol. The summed E-state index contributed by atoms with van der Waals surface area (Å²) >= 11 is 0. The summed E-state index contributed by atoms with van der Waals surface area (Å²) in [5.74, 6) is -0.838. The molecular formula is C47H80O10. The second-order valence-corrected chi connectivity index (χ2v) is 15.2. The smallest absolute Gasteiger partial charge is 0.306 e. The van der Waals surface area contributed by atoms with E-state index in [-0.39, 0.29) is 32.0 Å². The van der Waals surface area contributed by atoms with Gasteiger partial charge in [-0.3, -0.25) is 9.59 Å². The maximum atomic E-state index is 12.7. The van der Waals surface area contributed by atoms with Gasteiger partial charge in [0.05, 0.1) is 13.2 Å². The van der Waals surface area contributed by atoms with Crippen molar-refractivity contribution >= 4 is 11.9 Å². The zero-order valence-electron chi connectivity index (χ0n) is 35.6. The third-order valence-corrected chi connectivity index (χ3v) is 9.98. The highest BCUT2D eigenvalue weighted by Crippen LogP contribution is 2.22. The molecule has 328 valence electrons. The number of esters is 2.